The van der Waals surface area contributed by atoms with Gasteiger partial charge in [-0.2, -0.15) is 0 Å². The predicted molar refractivity (Wildman–Crippen MR) is 122 cm³/mol. The third kappa shape index (κ3) is 5.55. The van der Waals surface area contributed by atoms with Crippen LogP contribution in [0.15, 0.2) is 72.8 Å². The van der Waals surface area contributed by atoms with E-state index in [1.807, 2.05) is 78.7 Å². The molecule has 0 aliphatic carbocycles. The number of ether oxygens (including phenoxy) is 3. The second kappa shape index (κ2) is 10.5. The van der Waals surface area contributed by atoms with Gasteiger partial charge < -0.3 is 19.5 Å². The van der Waals surface area contributed by atoms with Gasteiger partial charge in [-0.15, -0.1) is 0 Å². The van der Waals surface area contributed by atoms with Gasteiger partial charge in [0, 0.05) is 29.9 Å². The number of hydrogen-bond acceptors (Lipinski definition) is 5. The minimum Gasteiger partial charge on any atom is -0.497 e. The lowest BCUT2D eigenvalue weighted by molar-refractivity contribution is -0.121. The highest BCUT2D eigenvalue weighted by Crippen LogP contribution is 2.29. The van der Waals surface area contributed by atoms with E-state index in [-0.39, 0.29) is 5.91 Å². The molecule has 0 bridgehead atoms. The summed E-state index contributed by atoms with van der Waals surface area (Å²) in [4.78, 5) is 15.3. The number of likely N-dealkylation sites (N-methyl/N-ethyl adjacent to an activating group) is 1. The largest absolute Gasteiger partial charge is 0.497 e. The lowest BCUT2D eigenvalue weighted by Gasteiger charge is -2.28. The van der Waals surface area contributed by atoms with E-state index in [2.05, 4.69) is 5.32 Å². The highest BCUT2D eigenvalue weighted by Gasteiger charge is 2.26. The Hall–Kier alpha value is -3.51. The van der Waals surface area contributed by atoms with E-state index in [9.17, 15) is 4.79 Å². The van der Waals surface area contributed by atoms with Crippen molar-refractivity contribution in [1.82, 2.24) is 4.90 Å². The van der Waals surface area contributed by atoms with E-state index in [0.29, 0.717) is 23.7 Å². The maximum atomic E-state index is 13.4. The van der Waals surface area contributed by atoms with E-state index < -0.39 is 6.04 Å². The average molecular weight is 421 g/mol. The quantitative estimate of drug-likeness (QED) is 0.551. The summed E-state index contributed by atoms with van der Waals surface area (Å²) in [6.07, 6.45) is 0. The maximum Gasteiger partial charge on any atom is 0.246 e. The summed E-state index contributed by atoms with van der Waals surface area (Å²) >= 11 is 0. The van der Waals surface area contributed by atoms with Crippen molar-refractivity contribution in [3.05, 3.63) is 83.9 Å². The first-order valence-corrected chi connectivity index (χ1v) is 9.96. The van der Waals surface area contributed by atoms with Crippen molar-refractivity contribution in [3.63, 3.8) is 0 Å². The molecule has 3 aromatic rings. The van der Waals surface area contributed by atoms with E-state index in [1.54, 1.807) is 27.4 Å². The summed E-state index contributed by atoms with van der Waals surface area (Å²) in [5, 5.41) is 3.02. The van der Waals surface area contributed by atoms with Gasteiger partial charge in [-0.25, -0.2) is 0 Å². The number of nitrogens with zero attached hydrogens (tertiary/aromatic N) is 1. The number of benzene rings is 3. The molecule has 0 saturated carbocycles. The fraction of sp³-hybridized carbons (Fsp3) is 0.240. The number of carbonyl (C=O) groups excluding carboxylic acids is 1. The molecule has 0 aromatic heterocycles. The summed E-state index contributed by atoms with van der Waals surface area (Å²) in [6.45, 7) is 0.512. The average Bonchev–Trinajstić information content (AvgIpc) is 2.80. The van der Waals surface area contributed by atoms with Gasteiger partial charge in [0.15, 0.2) is 0 Å². The van der Waals surface area contributed by atoms with Gasteiger partial charge in [0.05, 0.1) is 21.3 Å². The van der Waals surface area contributed by atoms with Gasteiger partial charge in [-0.3, -0.25) is 9.69 Å². The van der Waals surface area contributed by atoms with E-state index in [1.165, 1.54) is 0 Å². The zero-order chi connectivity index (χ0) is 22.2. The molecule has 0 spiro atoms. The molecular formula is C25H28N2O4. The minimum atomic E-state index is -0.501. The molecule has 3 aromatic carbocycles. The van der Waals surface area contributed by atoms with Gasteiger partial charge in [-0.1, -0.05) is 42.5 Å². The molecule has 0 fully saturated rings. The normalized spacial score (nSPS) is 11.6. The number of methoxy groups -OCH3 is 3. The Labute approximate surface area is 183 Å². The third-order valence-corrected chi connectivity index (χ3v) is 5.06. The molecule has 0 heterocycles. The summed E-state index contributed by atoms with van der Waals surface area (Å²) in [7, 11) is 6.77. The number of nitrogens with one attached hydrogen (secondary N) is 1. The highest BCUT2D eigenvalue weighted by molar-refractivity contribution is 5.95. The van der Waals surface area contributed by atoms with Gasteiger partial charge in [0.1, 0.15) is 23.3 Å². The van der Waals surface area contributed by atoms with Crippen molar-refractivity contribution in [1.29, 1.82) is 0 Å². The highest BCUT2D eigenvalue weighted by atomic mass is 16.5. The molecule has 0 aliphatic rings. The van der Waals surface area contributed by atoms with Crippen molar-refractivity contribution in [2.75, 3.05) is 33.7 Å². The standard InChI is InChI=1S/C25H28N2O4/c1-27(17-19-13-14-22(30-3)16-23(19)31-4)24(18-9-6-5-7-10-18)25(28)26-20-11-8-12-21(15-20)29-2/h5-16,24H,17H2,1-4H3,(H,26,28)/t24-/m1/s1. The number of rotatable bonds is 9. The van der Waals surface area contributed by atoms with Crippen molar-refractivity contribution < 1.29 is 19.0 Å². The Morgan fingerprint density at radius 1 is 0.871 bits per heavy atom. The molecule has 6 nitrogen and oxygen atoms in total. The molecule has 1 atom stereocenters. The SMILES string of the molecule is COc1cccc(NC(=O)[C@@H](c2ccccc2)N(C)Cc2ccc(OC)cc2OC)c1. The number of amides is 1. The lowest BCUT2D eigenvalue weighted by atomic mass is 10.0. The molecule has 0 unspecified atom stereocenters. The van der Waals surface area contributed by atoms with Crippen molar-refractivity contribution in [2.24, 2.45) is 0 Å². The molecule has 31 heavy (non-hydrogen) atoms. The monoisotopic (exact) mass is 420 g/mol. The Bertz CT molecular complexity index is 1010. The maximum absolute atomic E-state index is 13.4. The summed E-state index contributed by atoms with van der Waals surface area (Å²) in [5.74, 6) is 1.99. The number of hydrogen-bond donors (Lipinski definition) is 1. The molecule has 3 rings (SSSR count). The molecule has 0 saturated heterocycles. The van der Waals surface area contributed by atoms with Crippen LogP contribution in [-0.2, 0) is 11.3 Å². The van der Waals surface area contributed by atoms with Gasteiger partial charge >= 0.3 is 0 Å². The van der Waals surface area contributed by atoms with Crippen LogP contribution in [0.2, 0.25) is 0 Å². The van der Waals surface area contributed by atoms with E-state index in [4.69, 9.17) is 14.2 Å². The number of carbonyl (C=O) groups is 1. The predicted octanol–water partition coefficient (Wildman–Crippen LogP) is 4.52. The Balaban J connectivity index is 1.87. The molecule has 0 aliphatic heterocycles. The Kier molecular flexibility index (Phi) is 7.51. The van der Waals surface area contributed by atoms with E-state index >= 15 is 0 Å². The summed E-state index contributed by atoms with van der Waals surface area (Å²) < 4.78 is 16.1. The fourth-order valence-corrected chi connectivity index (χ4v) is 3.50. The zero-order valence-electron chi connectivity index (χ0n) is 18.3. The van der Waals surface area contributed by atoms with Crippen molar-refractivity contribution in [2.45, 2.75) is 12.6 Å². The first-order valence-electron chi connectivity index (χ1n) is 9.96. The zero-order valence-corrected chi connectivity index (χ0v) is 18.3. The topological polar surface area (TPSA) is 60.0 Å². The summed E-state index contributed by atoms with van der Waals surface area (Å²) in [5.41, 5.74) is 2.54. The second-order valence-electron chi connectivity index (χ2n) is 7.13. The molecular weight excluding hydrogens is 392 g/mol. The molecule has 162 valence electrons. The minimum absolute atomic E-state index is 0.130. The van der Waals surface area contributed by atoms with Crippen LogP contribution in [0.25, 0.3) is 0 Å². The van der Waals surface area contributed by atoms with Gasteiger partial charge in [0.2, 0.25) is 5.91 Å². The van der Waals surface area contributed by atoms with Crippen LogP contribution in [0.1, 0.15) is 17.2 Å². The van der Waals surface area contributed by atoms with Crippen LogP contribution < -0.4 is 19.5 Å². The second-order valence-corrected chi connectivity index (χ2v) is 7.13. The van der Waals surface area contributed by atoms with Crippen molar-refractivity contribution in [3.8, 4) is 17.2 Å². The van der Waals surface area contributed by atoms with Crippen LogP contribution in [0, 0.1) is 0 Å². The fourth-order valence-electron chi connectivity index (χ4n) is 3.50. The van der Waals surface area contributed by atoms with Crippen molar-refractivity contribution >= 4 is 11.6 Å². The van der Waals surface area contributed by atoms with Crippen LogP contribution in [0.5, 0.6) is 17.2 Å². The molecule has 1 N–H and O–H groups in total. The van der Waals surface area contributed by atoms with Crippen LogP contribution >= 0.6 is 0 Å². The Morgan fingerprint density at radius 3 is 2.26 bits per heavy atom. The molecule has 1 amide bonds. The lowest BCUT2D eigenvalue weighted by Crippen LogP contribution is -2.34. The smallest absolute Gasteiger partial charge is 0.246 e. The van der Waals surface area contributed by atoms with Gasteiger partial charge in [0.25, 0.3) is 0 Å². The third-order valence-electron chi connectivity index (χ3n) is 5.06. The summed E-state index contributed by atoms with van der Waals surface area (Å²) in [6, 6.07) is 22.2. The number of anilines is 1. The molecule has 0 radical (unpaired) electrons. The van der Waals surface area contributed by atoms with Crippen LogP contribution in [0.4, 0.5) is 5.69 Å². The van der Waals surface area contributed by atoms with Crippen LogP contribution in [-0.4, -0.2) is 39.2 Å². The van der Waals surface area contributed by atoms with Gasteiger partial charge in [-0.05, 0) is 30.8 Å². The Morgan fingerprint density at radius 2 is 1.58 bits per heavy atom. The first kappa shape index (κ1) is 22.2. The molecule has 6 heteroatoms. The van der Waals surface area contributed by atoms with Crippen LogP contribution in [0.3, 0.4) is 0 Å². The van der Waals surface area contributed by atoms with E-state index in [0.717, 1.165) is 16.9 Å². The first-order chi connectivity index (χ1) is 15.0.